The van der Waals surface area contributed by atoms with Crippen LogP contribution in [-0.4, -0.2) is 23.0 Å². The monoisotopic (exact) mass is 300 g/mol. The van der Waals surface area contributed by atoms with Crippen molar-refractivity contribution in [1.82, 2.24) is 5.32 Å². The normalized spacial score (nSPS) is 13.6. The molecule has 0 spiro atoms. The Morgan fingerprint density at radius 3 is 2.68 bits per heavy atom. The summed E-state index contributed by atoms with van der Waals surface area (Å²) in [7, 11) is 0. The van der Waals surface area contributed by atoms with Crippen LogP contribution in [0.1, 0.15) is 38.6 Å². The smallest absolute Gasteiger partial charge is 0.230 e. The molecule has 1 heterocycles. The van der Waals surface area contributed by atoms with Gasteiger partial charge < -0.3 is 11.1 Å². The van der Waals surface area contributed by atoms with Crippen LogP contribution in [0.15, 0.2) is 17.5 Å². The Hall–Kier alpha value is -0.520. The minimum atomic E-state index is -0.226. The highest BCUT2D eigenvalue weighted by molar-refractivity contribution is 8.00. The Kier molecular flexibility index (Phi) is 6.36. The van der Waals surface area contributed by atoms with Crippen molar-refractivity contribution in [3.05, 3.63) is 22.4 Å². The van der Waals surface area contributed by atoms with Gasteiger partial charge in [0.1, 0.15) is 0 Å². The molecular weight excluding hydrogens is 276 g/mol. The Bertz CT molecular complexity index is 383. The van der Waals surface area contributed by atoms with Gasteiger partial charge in [-0.05, 0) is 31.2 Å². The number of thiophene rings is 1. The molecule has 19 heavy (non-hydrogen) atoms. The zero-order valence-electron chi connectivity index (χ0n) is 12.1. The molecule has 0 aromatic carbocycles. The number of hydrogen-bond donors (Lipinski definition) is 2. The predicted molar refractivity (Wildman–Crippen MR) is 85.6 cm³/mol. The van der Waals surface area contributed by atoms with E-state index in [2.05, 4.69) is 25.2 Å². The number of rotatable bonds is 7. The van der Waals surface area contributed by atoms with Crippen molar-refractivity contribution in [3.8, 4) is 0 Å². The quantitative estimate of drug-likeness (QED) is 0.814. The number of carbonyl (C=O) groups is 1. The zero-order chi connectivity index (χ0) is 14.5. The molecule has 1 atom stereocenters. The third-order valence-corrected chi connectivity index (χ3v) is 4.91. The first kappa shape index (κ1) is 16.5. The Morgan fingerprint density at radius 1 is 1.53 bits per heavy atom. The summed E-state index contributed by atoms with van der Waals surface area (Å²) in [5, 5.41) is 5.16. The van der Waals surface area contributed by atoms with E-state index in [-0.39, 0.29) is 17.5 Å². The van der Waals surface area contributed by atoms with E-state index in [1.807, 2.05) is 25.3 Å². The number of carbonyl (C=O) groups excluding carboxylic acids is 1. The van der Waals surface area contributed by atoms with Gasteiger partial charge >= 0.3 is 0 Å². The molecule has 1 aromatic heterocycles. The van der Waals surface area contributed by atoms with Crippen LogP contribution in [0.4, 0.5) is 0 Å². The molecule has 1 aromatic rings. The molecule has 1 amide bonds. The molecule has 3 N–H and O–H groups in total. The third kappa shape index (κ3) is 6.45. The van der Waals surface area contributed by atoms with E-state index in [1.54, 1.807) is 23.1 Å². The number of thioether (sulfide) groups is 1. The molecule has 1 rings (SSSR count). The van der Waals surface area contributed by atoms with Crippen LogP contribution < -0.4 is 11.1 Å². The summed E-state index contributed by atoms with van der Waals surface area (Å²) in [6.45, 7) is 8.20. The topological polar surface area (TPSA) is 55.1 Å². The fourth-order valence-corrected chi connectivity index (χ4v) is 3.50. The average molecular weight is 300 g/mol. The lowest BCUT2D eigenvalue weighted by molar-refractivity contribution is -0.119. The molecule has 0 saturated heterocycles. The average Bonchev–Trinajstić information content (AvgIpc) is 2.76. The number of hydrogen-bond acceptors (Lipinski definition) is 4. The summed E-state index contributed by atoms with van der Waals surface area (Å²) >= 11 is 3.27. The number of nitrogens with two attached hydrogens (primary N) is 1. The number of amides is 1. The second-order valence-corrected chi connectivity index (χ2v) is 7.75. The van der Waals surface area contributed by atoms with Gasteiger partial charge in [-0.2, -0.15) is 11.8 Å². The molecule has 0 aliphatic heterocycles. The molecule has 1 unspecified atom stereocenters. The van der Waals surface area contributed by atoms with E-state index in [0.717, 1.165) is 5.75 Å². The van der Waals surface area contributed by atoms with Crippen LogP contribution in [0.5, 0.6) is 0 Å². The van der Waals surface area contributed by atoms with Crippen molar-refractivity contribution in [2.45, 2.75) is 39.3 Å². The minimum absolute atomic E-state index is 0.0846. The summed E-state index contributed by atoms with van der Waals surface area (Å²) < 4.78 is 0. The van der Waals surface area contributed by atoms with Gasteiger partial charge in [0.2, 0.25) is 5.91 Å². The first-order chi connectivity index (χ1) is 8.79. The second-order valence-electron chi connectivity index (χ2n) is 5.79. The van der Waals surface area contributed by atoms with Crippen LogP contribution in [0.2, 0.25) is 0 Å². The van der Waals surface area contributed by atoms with Crippen LogP contribution in [0.25, 0.3) is 0 Å². The van der Waals surface area contributed by atoms with Crippen LogP contribution in [0.3, 0.4) is 0 Å². The van der Waals surface area contributed by atoms with Crippen LogP contribution in [0, 0.1) is 5.92 Å². The summed E-state index contributed by atoms with van der Waals surface area (Å²) in [6.07, 6.45) is 0. The SMILES string of the molecule is CC(C)C(NC(=O)CSCC(C)(C)N)c1cccs1. The van der Waals surface area contributed by atoms with E-state index < -0.39 is 0 Å². The maximum Gasteiger partial charge on any atom is 0.230 e. The molecule has 0 aliphatic carbocycles. The number of nitrogens with one attached hydrogen (secondary N) is 1. The van der Waals surface area contributed by atoms with Crippen LogP contribution >= 0.6 is 23.1 Å². The molecule has 0 fully saturated rings. The fraction of sp³-hybridized carbons (Fsp3) is 0.643. The highest BCUT2D eigenvalue weighted by Gasteiger charge is 2.19. The van der Waals surface area contributed by atoms with Gasteiger partial charge in [-0.25, -0.2) is 0 Å². The van der Waals surface area contributed by atoms with Crippen molar-refractivity contribution in [2.24, 2.45) is 11.7 Å². The summed E-state index contributed by atoms with van der Waals surface area (Å²) in [4.78, 5) is 13.2. The summed E-state index contributed by atoms with van der Waals surface area (Å²) in [5.74, 6) is 1.72. The largest absolute Gasteiger partial charge is 0.348 e. The van der Waals surface area contributed by atoms with E-state index in [1.165, 1.54) is 4.88 Å². The maximum absolute atomic E-state index is 12.0. The first-order valence-electron chi connectivity index (χ1n) is 6.49. The summed E-state index contributed by atoms with van der Waals surface area (Å²) in [5.41, 5.74) is 5.67. The van der Waals surface area contributed by atoms with Crippen molar-refractivity contribution in [3.63, 3.8) is 0 Å². The fourth-order valence-electron chi connectivity index (χ4n) is 1.66. The predicted octanol–water partition coefficient (Wildman–Crippen LogP) is 3.03. The van der Waals surface area contributed by atoms with Gasteiger partial charge in [-0.15, -0.1) is 11.3 Å². The van der Waals surface area contributed by atoms with E-state index in [4.69, 9.17) is 5.73 Å². The molecule has 3 nitrogen and oxygen atoms in total. The van der Waals surface area contributed by atoms with Gasteiger partial charge in [0.05, 0.1) is 11.8 Å². The van der Waals surface area contributed by atoms with E-state index in [9.17, 15) is 4.79 Å². The first-order valence-corrected chi connectivity index (χ1v) is 8.52. The second kappa shape index (κ2) is 7.31. The van der Waals surface area contributed by atoms with Crippen molar-refractivity contribution in [2.75, 3.05) is 11.5 Å². The molecule has 0 bridgehead atoms. The lowest BCUT2D eigenvalue weighted by atomic mass is 10.0. The minimum Gasteiger partial charge on any atom is -0.348 e. The van der Waals surface area contributed by atoms with Crippen molar-refractivity contribution < 1.29 is 4.79 Å². The molecule has 0 saturated carbocycles. The summed E-state index contributed by atoms with van der Waals surface area (Å²) in [6, 6.07) is 4.21. The Balaban J connectivity index is 2.45. The molecule has 108 valence electrons. The van der Waals surface area contributed by atoms with Crippen molar-refractivity contribution in [1.29, 1.82) is 0 Å². The maximum atomic E-state index is 12.0. The zero-order valence-corrected chi connectivity index (χ0v) is 13.7. The molecular formula is C14H24N2OS2. The van der Waals surface area contributed by atoms with Gasteiger partial charge in [-0.3, -0.25) is 4.79 Å². The lowest BCUT2D eigenvalue weighted by Crippen LogP contribution is -2.36. The third-order valence-electron chi connectivity index (χ3n) is 2.54. The highest BCUT2D eigenvalue weighted by Crippen LogP contribution is 2.25. The van der Waals surface area contributed by atoms with Gasteiger partial charge in [0, 0.05) is 16.2 Å². The van der Waals surface area contributed by atoms with Gasteiger partial charge in [0.25, 0.3) is 0 Å². The molecule has 0 aliphatic rings. The molecule has 5 heteroatoms. The van der Waals surface area contributed by atoms with Gasteiger partial charge in [0.15, 0.2) is 0 Å². The van der Waals surface area contributed by atoms with E-state index in [0.29, 0.717) is 11.7 Å². The Labute approximate surface area is 124 Å². The molecule has 0 radical (unpaired) electrons. The van der Waals surface area contributed by atoms with Gasteiger partial charge in [-0.1, -0.05) is 19.9 Å². The Morgan fingerprint density at radius 2 is 2.21 bits per heavy atom. The van der Waals surface area contributed by atoms with Crippen LogP contribution in [-0.2, 0) is 4.79 Å². The lowest BCUT2D eigenvalue weighted by Gasteiger charge is -2.22. The standard InChI is InChI=1S/C14H24N2OS2/c1-10(2)13(11-6-5-7-19-11)16-12(17)8-18-9-14(3,4)15/h5-7,10,13H,8-9,15H2,1-4H3,(H,16,17). The van der Waals surface area contributed by atoms with E-state index >= 15 is 0 Å². The highest BCUT2D eigenvalue weighted by atomic mass is 32.2. The van der Waals surface area contributed by atoms with Crippen molar-refractivity contribution >= 4 is 29.0 Å².